The van der Waals surface area contributed by atoms with E-state index in [1.54, 1.807) is 79.7 Å². The Labute approximate surface area is 164 Å². The van der Waals surface area contributed by atoms with Gasteiger partial charge >= 0.3 is 0 Å². The minimum atomic E-state index is -3.78. The maximum atomic E-state index is 12.8. The Morgan fingerprint density at radius 3 is 2.15 bits per heavy atom. The van der Waals surface area contributed by atoms with Gasteiger partial charge in [-0.3, -0.25) is 4.72 Å². The zero-order valence-electron chi connectivity index (χ0n) is 15.0. The number of aliphatic hydroxyl groups is 1. The first-order valence-corrected chi connectivity index (χ1v) is 10.2. The lowest BCUT2D eigenvalue weighted by Crippen LogP contribution is -2.25. The molecule has 0 bridgehead atoms. The van der Waals surface area contributed by atoms with Crippen molar-refractivity contribution in [3.8, 4) is 0 Å². The van der Waals surface area contributed by atoms with Gasteiger partial charge in [0, 0.05) is 10.6 Å². The molecular formula is C21H20ClNO3S. The summed E-state index contributed by atoms with van der Waals surface area (Å²) >= 11 is 5.93. The summed E-state index contributed by atoms with van der Waals surface area (Å²) < 4.78 is 28.1. The molecule has 0 aliphatic heterocycles. The summed E-state index contributed by atoms with van der Waals surface area (Å²) in [6.07, 6.45) is 0. The van der Waals surface area contributed by atoms with E-state index in [0.717, 1.165) is 5.56 Å². The molecule has 0 amide bonds. The van der Waals surface area contributed by atoms with Gasteiger partial charge in [0.2, 0.25) is 0 Å². The van der Waals surface area contributed by atoms with Crippen LogP contribution in [-0.4, -0.2) is 13.5 Å². The average molecular weight is 402 g/mol. The number of anilines is 1. The van der Waals surface area contributed by atoms with E-state index in [1.165, 1.54) is 0 Å². The molecule has 3 aromatic carbocycles. The van der Waals surface area contributed by atoms with Crippen LogP contribution in [0.2, 0.25) is 5.02 Å². The standard InChI is InChI=1S/C21H20ClNO3S/c1-15-7-13-18(14-8-15)27(25,26)23-20-6-4-3-5-19(20)21(2,24)16-9-11-17(22)12-10-16/h3-14,23-24H,1-2H3. The first kappa shape index (κ1) is 19.4. The summed E-state index contributed by atoms with van der Waals surface area (Å²) in [6, 6.07) is 20.2. The van der Waals surface area contributed by atoms with E-state index in [-0.39, 0.29) is 4.90 Å². The maximum Gasteiger partial charge on any atom is 0.261 e. The lowest BCUT2D eigenvalue weighted by Gasteiger charge is -2.27. The van der Waals surface area contributed by atoms with Crippen LogP contribution in [0.4, 0.5) is 5.69 Å². The molecule has 0 fully saturated rings. The number of para-hydroxylation sites is 1. The van der Waals surface area contributed by atoms with Crippen LogP contribution in [0.15, 0.2) is 77.7 Å². The van der Waals surface area contributed by atoms with E-state index in [2.05, 4.69) is 4.72 Å². The third kappa shape index (κ3) is 4.16. The highest BCUT2D eigenvalue weighted by Crippen LogP contribution is 2.35. The predicted molar refractivity (Wildman–Crippen MR) is 109 cm³/mol. The number of nitrogens with one attached hydrogen (secondary N) is 1. The van der Waals surface area contributed by atoms with Crippen LogP contribution in [0.25, 0.3) is 0 Å². The smallest absolute Gasteiger partial charge is 0.261 e. The lowest BCUT2D eigenvalue weighted by atomic mass is 9.87. The maximum absolute atomic E-state index is 12.8. The molecule has 3 aromatic rings. The molecule has 0 radical (unpaired) electrons. The van der Waals surface area contributed by atoms with Gasteiger partial charge in [-0.05, 0) is 49.7 Å². The number of halogens is 1. The topological polar surface area (TPSA) is 66.4 Å². The summed E-state index contributed by atoms with van der Waals surface area (Å²) in [5.41, 5.74) is 0.937. The number of hydrogen-bond donors (Lipinski definition) is 2. The molecule has 0 aromatic heterocycles. The van der Waals surface area contributed by atoms with Gasteiger partial charge in [-0.15, -0.1) is 0 Å². The quantitative estimate of drug-likeness (QED) is 0.650. The van der Waals surface area contributed by atoms with Crippen LogP contribution in [-0.2, 0) is 15.6 Å². The molecule has 0 spiro atoms. The average Bonchev–Trinajstić information content (AvgIpc) is 2.62. The second-order valence-corrected chi connectivity index (χ2v) is 8.66. The van der Waals surface area contributed by atoms with Gasteiger partial charge in [0.05, 0.1) is 10.6 Å². The lowest BCUT2D eigenvalue weighted by molar-refractivity contribution is 0.103. The van der Waals surface area contributed by atoms with Crippen LogP contribution < -0.4 is 4.72 Å². The molecule has 0 saturated carbocycles. The van der Waals surface area contributed by atoms with Gasteiger partial charge in [-0.2, -0.15) is 0 Å². The van der Waals surface area contributed by atoms with Crippen LogP contribution >= 0.6 is 11.6 Å². The van der Waals surface area contributed by atoms with Crippen molar-refractivity contribution >= 4 is 27.3 Å². The van der Waals surface area contributed by atoms with E-state index < -0.39 is 15.6 Å². The summed E-state index contributed by atoms with van der Waals surface area (Å²) in [5.74, 6) is 0. The molecule has 6 heteroatoms. The molecule has 4 nitrogen and oxygen atoms in total. The zero-order chi connectivity index (χ0) is 19.7. The highest BCUT2D eigenvalue weighted by molar-refractivity contribution is 7.92. The molecule has 0 saturated heterocycles. The number of aryl methyl sites for hydroxylation is 1. The molecule has 0 aliphatic rings. The molecule has 27 heavy (non-hydrogen) atoms. The molecule has 1 atom stereocenters. The van der Waals surface area contributed by atoms with E-state index >= 15 is 0 Å². The Hall–Kier alpha value is -2.34. The summed E-state index contributed by atoms with van der Waals surface area (Å²) in [6.45, 7) is 3.51. The zero-order valence-corrected chi connectivity index (χ0v) is 16.6. The van der Waals surface area contributed by atoms with Gasteiger partial charge in [0.25, 0.3) is 10.0 Å². The van der Waals surface area contributed by atoms with Crippen molar-refractivity contribution in [1.29, 1.82) is 0 Å². The normalized spacial score (nSPS) is 13.8. The summed E-state index contributed by atoms with van der Waals surface area (Å²) in [7, 11) is -3.78. The summed E-state index contributed by atoms with van der Waals surface area (Å²) in [5, 5.41) is 11.7. The third-order valence-electron chi connectivity index (χ3n) is 4.43. The Morgan fingerprint density at radius 1 is 0.926 bits per heavy atom. The van der Waals surface area contributed by atoms with E-state index in [1.807, 2.05) is 6.92 Å². The van der Waals surface area contributed by atoms with Gasteiger partial charge in [-0.1, -0.05) is 59.6 Å². The van der Waals surface area contributed by atoms with Crippen molar-refractivity contribution in [3.63, 3.8) is 0 Å². The largest absolute Gasteiger partial charge is 0.381 e. The number of hydrogen-bond acceptors (Lipinski definition) is 3. The SMILES string of the molecule is Cc1ccc(S(=O)(=O)Nc2ccccc2C(C)(O)c2ccc(Cl)cc2)cc1. The second kappa shape index (κ2) is 7.35. The fraction of sp³-hybridized carbons (Fsp3) is 0.143. The van der Waals surface area contributed by atoms with Gasteiger partial charge in [0.15, 0.2) is 0 Å². The van der Waals surface area contributed by atoms with Crippen LogP contribution in [0.5, 0.6) is 0 Å². The highest BCUT2D eigenvalue weighted by atomic mass is 35.5. The van der Waals surface area contributed by atoms with Crippen LogP contribution in [0.1, 0.15) is 23.6 Å². The molecular weight excluding hydrogens is 382 g/mol. The third-order valence-corrected chi connectivity index (χ3v) is 6.07. The Kier molecular flexibility index (Phi) is 5.29. The van der Waals surface area contributed by atoms with E-state index in [0.29, 0.717) is 21.8 Å². The van der Waals surface area contributed by atoms with Crippen molar-refractivity contribution in [2.24, 2.45) is 0 Å². The van der Waals surface area contributed by atoms with E-state index in [9.17, 15) is 13.5 Å². The van der Waals surface area contributed by atoms with Crippen LogP contribution in [0, 0.1) is 6.92 Å². The second-order valence-electron chi connectivity index (χ2n) is 6.54. The number of sulfonamides is 1. The molecule has 0 aliphatic carbocycles. The molecule has 140 valence electrons. The Morgan fingerprint density at radius 2 is 1.52 bits per heavy atom. The Bertz CT molecular complexity index is 1040. The Balaban J connectivity index is 2.01. The van der Waals surface area contributed by atoms with Crippen molar-refractivity contribution in [3.05, 3.63) is 94.5 Å². The van der Waals surface area contributed by atoms with Crippen LogP contribution in [0.3, 0.4) is 0 Å². The van der Waals surface area contributed by atoms with Crippen molar-refractivity contribution in [2.45, 2.75) is 24.3 Å². The predicted octanol–water partition coefficient (Wildman–Crippen LogP) is 4.71. The van der Waals surface area contributed by atoms with Gasteiger partial charge in [0.1, 0.15) is 5.60 Å². The minimum Gasteiger partial charge on any atom is -0.381 e. The molecule has 2 N–H and O–H groups in total. The molecule has 3 rings (SSSR count). The van der Waals surface area contributed by atoms with Gasteiger partial charge < -0.3 is 5.11 Å². The molecule has 0 heterocycles. The number of rotatable bonds is 5. The molecule has 1 unspecified atom stereocenters. The summed E-state index contributed by atoms with van der Waals surface area (Å²) in [4.78, 5) is 0.161. The van der Waals surface area contributed by atoms with Crippen molar-refractivity contribution in [2.75, 3.05) is 4.72 Å². The number of benzene rings is 3. The fourth-order valence-electron chi connectivity index (χ4n) is 2.85. The monoisotopic (exact) mass is 401 g/mol. The van der Waals surface area contributed by atoms with Crippen molar-refractivity contribution < 1.29 is 13.5 Å². The van der Waals surface area contributed by atoms with Gasteiger partial charge in [-0.25, -0.2) is 8.42 Å². The first-order chi connectivity index (χ1) is 12.7. The highest BCUT2D eigenvalue weighted by Gasteiger charge is 2.29. The minimum absolute atomic E-state index is 0.161. The van der Waals surface area contributed by atoms with Crippen molar-refractivity contribution in [1.82, 2.24) is 0 Å². The van der Waals surface area contributed by atoms with E-state index in [4.69, 9.17) is 11.6 Å². The first-order valence-electron chi connectivity index (χ1n) is 8.37. The fourth-order valence-corrected chi connectivity index (χ4v) is 4.05.